The zero-order valence-corrected chi connectivity index (χ0v) is 21.2. The Bertz CT molecular complexity index is 1630. The van der Waals surface area contributed by atoms with Crippen LogP contribution in [0.3, 0.4) is 0 Å². The molecule has 0 fully saturated rings. The van der Waals surface area contributed by atoms with Gasteiger partial charge in [0.1, 0.15) is 0 Å². The van der Waals surface area contributed by atoms with Gasteiger partial charge in [-0.2, -0.15) is 13.0 Å². The van der Waals surface area contributed by atoms with Gasteiger partial charge >= 0.3 is 0 Å². The van der Waals surface area contributed by atoms with Gasteiger partial charge in [0.2, 0.25) is 11.5 Å². The van der Waals surface area contributed by atoms with Crippen molar-refractivity contribution in [1.82, 2.24) is 0 Å². The van der Waals surface area contributed by atoms with E-state index in [1.807, 2.05) is 42.5 Å². The molecule has 0 spiro atoms. The Labute approximate surface area is 217 Å². The summed E-state index contributed by atoms with van der Waals surface area (Å²) >= 11 is 3.28. The molecule has 0 bridgehead atoms. The van der Waals surface area contributed by atoms with E-state index in [-0.39, 0.29) is 21.7 Å². The van der Waals surface area contributed by atoms with Crippen molar-refractivity contribution in [3.05, 3.63) is 130 Å². The van der Waals surface area contributed by atoms with Gasteiger partial charge in [-0.3, -0.25) is 4.79 Å². The van der Waals surface area contributed by atoms with Crippen molar-refractivity contribution in [1.29, 1.82) is 0 Å². The Morgan fingerprint density at radius 1 is 0.778 bits per heavy atom. The van der Waals surface area contributed by atoms with Gasteiger partial charge in [0.15, 0.2) is 18.1 Å². The SMILES string of the molecule is O=C1/C(=N\S(=O)(=O)c2ccc(Br)cc2)C([n+]2ccc(Cc3ccccc3)cc2)=C([O-])c2ccccc21. The summed E-state index contributed by atoms with van der Waals surface area (Å²) in [5.74, 6) is -1.10. The highest BCUT2D eigenvalue weighted by Gasteiger charge is 2.35. The summed E-state index contributed by atoms with van der Waals surface area (Å²) in [4.78, 5) is 13.3. The fraction of sp³-hybridized carbons (Fsp3) is 0.0357. The number of hydrogen-bond acceptors (Lipinski definition) is 4. The Morgan fingerprint density at radius 2 is 1.36 bits per heavy atom. The molecule has 4 aromatic rings. The largest absolute Gasteiger partial charge is 0.867 e. The molecular weight excluding hydrogens is 540 g/mol. The monoisotopic (exact) mass is 558 g/mol. The van der Waals surface area contributed by atoms with Crippen molar-refractivity contribution < 1.29 is 22.9 Å². The summed E-state index contributed by atoms with van der Waals surface area (Å²) in [7, 11) is -4.27. The van der Waals surface area contributed by atoms with E-state index in [9.17, 15) is 18.3 Å². The van der Waals surface area contributed by atoms with Crippen molar-refractivity contribution in [2.75, 3.05) is 0 Å². The Hall–Kier alpha value is -3.88. The zero-order chi connectivity index (χ0) is 25.3. The number of nitrogens with zero attached hydrogens (tertiary/aromatic N) is 2. The molecule has 1 aliphatic carbocycles. The van der Waals surface area contributed by atoms with Gasteiger partial charge < -0.3 is 5.11 Å². The topological polar surface area (TPSA) is 90.5 Å². The van der Waals surface area contributed by atoms with Crippen molar-refractivity contribution in [3.63, 3.8) is 0 Å². The molecule has 0 saturated carbocycles. The van der Waals surface area contributed by atoms with Crippen molar-refractivity contribution in [2.45, 2.75) is 11.3 Å². The minimum absolute atomic E-state index is 0.0835. The molecule has 36 heavy (non-hydrogen) atoms. The van der Waals surface area contributed by atoms with Crippen molar-refractivity contribution in [3.8, 4) is 0 Å². The second kappa shape index (κ2) is 9.64. The van der Waals surface area contributed by atoms with Crippen LogP contribution in [0.2, 0.25) is 0 Å². The van der Waals surface area contributed by atoms with Crippen LogP contribution < -0.4 is 9.67 Å². The predicted molar refractivity (Wildman–Crippen MR) is 139 cm³/mol. The smallest absolute Gasteiger partial charge is 0.283 e. The van der Waals surface area contributed by atoms with Crippen molar-refractivity contribution in [2.24, 2.45) is 4.40 Å². The van der Waals surface area contributed by atoms with E-state index in [1.54, 1.807) is 42.7 Å². The van der Waals surface area contributed by atoms with Gasteiger partial charge in [0.25, 0.3) is 10.0 Å². The lowest BCUT2D eigenvalue weighted by molar-refractivity contribution is -0.577. The highest BCUT2D eigenvalue weighted by molar-refractivity contribution is 9.10. The molecule has 1 heterocycles. The molecule has 1 aromatic heterocycles. The Morgan fingerprint density at radius 3 is 2.03 bits per heavy atom. The summed E-state index contributed by atoms with van der Waals surface area (Å²) in [5.41, 5.74) is 1.93. The second-order valence-corrected chi connectivity index (χ2v) is 10.7. The summed E-state index contributed by atoms with van der Waals surface area (Å²) in [6, 6.07) is 25.8. The third kappa shape index (κ3) is 4.65. The number of ketones is 1. The molecule has 5 rings (SSSR count). The predicted octanol–water partition coefficient (Wildman–Crippen LogP) is 4.04. The lowest BCUT2D eigenvalue weighted by atomic mass is 9.91. The first-order valence-corrected chi connectivity index (χ1v) is 13.3. The number of carbonyl (C=O) groups excluding carboxylic acids is 1. The second-order valence-electron chi connectivity index (χ2n) is 8.20. The summed E-state index contributed by atoms with van der Waals surface area (Å²) in [6.07, 6.45) is 3.98. The molecule has 1 aliphatic rings. The number of Topliss-reactive ketones (excluding diaryl/α,β-unsaturated/α-hetero) is 1. The molecule has 6 nitrogen and oxygen atoms in total. The normalized spacial score (nSPS) is 14.7. The van der Waals surface area contributed by atoms with E-state index >= 15 is 0 Å². The van der Waals surface area contributed by atoms with E-state index in [0.717, 1.165) is 11.1 Å². The number of pyridine rings is 1. The van der Waals surface area contributed by atoms with Gasteiger partial charge in [0.05, 0.1) is 4.90 Å². The number of rotatable bonds is 5. The van der Waals surface area contributed by atoms with Gasteiger partial charge in [-0.15, -0.1) is 4.40 Å². The van der Waals surface area contributed by atoms with Crippen LogP contribution >= 0.6 is 15.9 Å². The van der Waals surface area contributed by atoms with E-state index < -0.39 is 27.3 Å². The number of allylic oxidation sites excluding steroid dienone is 1. The van der Waals surface area contributed by atoms with Crippen LogP contribution in [-0.4, -0.2) is 19.9 Å². The molecule has 0 amide bonds. The molecule has 0 aliphatic heterocycles. The number of carbonyl (C=O) groups is 1. The quantitative estimate of drug-likeness (QED) is 0.346. The third-order valence-electron chi connectivity index (χ3n) is 5.80. The van der Waals surface area contributed by atoms with Crippen LogP contribution in [0, 0.1) is 0 Å². The van der Waals surface area contributed by atoms with Crippen LogP contribution in [0.25, 0.3) is 11.5 Å². The maximum Gasteiger partial charge on any atom is 0.283 e. The molecule has 3 aromatic carbocycles. The van der Waals surface area contributed by atoms with Crippen LogP contribution in [0.1, 0.15) is 27.0 Å². The van der Waals surface area contributed by atoms with Gasteiger partial charge in [0, 0.05) is 22.2 Å². The first-order chi connectivity index (χ1) is 17.3. The fourth-order valence-corrected chi connectivity index (χ4v) is 5.27. The lowest BCUT2D eigenvalue weighted by Gasteiger charge is -2.23. The highest BCUT2D eigenvalue weighted by Crippen LogP contribution is 2.28. The molecule has 0 unspecified atom stereocenters. The maximum atomic E-state index is 13.5. The molecule has 0 radical (unpaired) electrons. The van der Waals surface area contributed by atoms with Gasteiger partial charge in [-0.1, -0.05) is 70.5 Å². The molecule has 0 saturated heterocycles. The number of halogens is 1. The van der Waals surface area contributed by atoms with E-state index in [4.69, 9.17) is 0 Å². The number of hydrogen-bond donors (Lipinski definition) is 0. The molecule has 178 valence electrons. The zero-order valence-electron chi connectivity index (χ0n) is 18.8. The fourth-order valence-electron chi connectivity index (χ4n) is 4.01. The minimum atomic E-state index is -4.27. The molecule has 0 N–H and O–H groups in total. The Kier molecular flexibility index (Phi) is 6.38. The van der Waals surface area contributed by atoms with Gasteiger partial charge in [-0.25, -0.2) is 0 Å². The van der Waals surface area contributed by atoms with Crippen molar-refractivity contribution >= 4 is 48.9 Å². The molecular formula is C28H19BrN2O4S. The number of fused-ring (bicyclic) bond motifs is 1. The third-order valence-corrected chi connectivity index (χ3v) is 7.62. The number of benzene rings is 3. The number of aromatic nitrogens is 1. The molecule has 0 atom stereocenters. The molecule has 8 heteroatoms. The average molecular weight is 559 g/mol. The number of sulfonamides is 1. The summed E-state index contributed by atoms with van der Waals surface area (Å²) in [5, 5.41) is 13.5. The van der Waals surface area contributed by atoms with Crippen LogP contribution in [-0.2, 0) is 16.4 Å². The lowest BCUT2D eigenvalue weighted by Crippen LogP contribution is -2.43. The standard InChI is InChI=1S/C28H19BrN2O4S/c29-21-10-12-22(13-11-21)36(34,35)30-25-26(28(33)24-9-5-4-8-23(24)27(25)32)31-16-14-20(15-17-31)18-19-6-2-1-3-7-19/h1-17H,18H2. The highest BCUT2D eigenvalue weighted by atomic mass is 79.9. The maximum absolute atomic E-state index is 13.5. The van der Waals surface area contributed by atoms with E-state index in [0.29, 0.717) is 10.9 Å². The van der Waals surface area contributed by atoms with E-state index in [2.05, 4.69) is 20.3 Å². The van der Waals surface area contributed by atoms with E-state index in [1.165, 1.54) is 22.8 Å². The average Bonchev–Trinajstić information content (AvgIpc) is 2.89. The summed E-state index contributed by atoms with van der Waals surface area (Å²) < 4.78 is 32.3. The minimum Gasteiger partial charge on any atom is -0.867 e. The van der Waals surface area contributed by atoms with Crippen LogP contribution in [0.5, 0.6) is 0 Å². The first-order valence-electron chi connectivity index (χ1n) is 11.0. The van der Waals surface area contributed by atoms with Crippen LogP contribution in [0.4, 0.5) is 0 Å². The first kappa shape index (κ1) is 23.8. The van der Waals surface area contributed by atoms with Gasteiger partial charge in [-0.05, 0) is 53.1 Å². The summed E-state index contributed by atoms with van der Waals surface area (Å²) in [6.45, 7) is 0. The Balaban J connectivity index is 1.62. The van der Waals surface area contributed by atoms with Crippen LogP contribution in [0.15, 0.2) is 117 Å².